The van der Waals surface area contributed by atoms with E-state index in [1.165, 1.54) is 0 Å². The molecule has 1 aliphatic rings. The second-order valence-corrected chi connectivity index (χ2v) is 5.12. The average Bonchev–Trinajstić information content (AvgIpc) is 2.53. The molecule has 0 spiro atoms. The second kappa shape index (κ2) is 6.32. The van der Waals surface area contributed by atoms with Crippen LogP contribution in [0.3, 0.4) is 0 Å². The van der Waals surface area contributed by atoms with E-state index in [0.29, 0.717) is 31.2 Å². The highest BCUT2D eigenvalue weighted by Gasteiger charge is 2.45. The summed E-state index contributed by atoms with van der Waals surface area (Å²) in [7, 11) is 3.16. The van der Waals surface area contributed by atoms with Gasteiger partial charge in [-0.15, -0.1) is 0 Å². The summed E-state index contributed by atoms with van der Waals surface area (Å²) < 4.78 is 16.3. The van der Waals surface area contributed by atoms with E-state index in [-0.39, 0.29) is 5.92 Å². The molecule has 2 unspecified atom stereocenters. The topological polar surface area (TPSA) is 82.8 Å². The maximum Gasteiger partial charge on any atom is 0.251 e. The third-order valence-corrected chi connectivity index (χ3v) is 4.05. The molecule has 6 heteroatoms. The lowest BCUT2D eigenvalue weighted by Crippen LogP contribution is -2.60. The van der Waals surface area contributed by atoms with Crippen molar-refractivity contribution in [2.45, 2.75) is 18.4 Å². The zero-order valence-corrected chi connectivity index (χ0v) is 12.6. The lowest BCUT2D eigenvalue weighted by molar-refractivity contribution is -0.150. The molecule has 1 aromatic rings. The van der Waals surface area contributed by atoms with Gasteiger partial charge in [-0.1, -0.05) is 13.0 Å². The zero-order chi connectivity index (χ0) is 15.5. The standard InChI is InChI=1S/C15H22N2O4/c1-10(15(14(16)18)9-17-6-7-21-15)11-4-5-12(19-2)13(8-11)20-3/h4-5,8,10,17H,6-7,9H2,1-3H3,(H2,16,18). The van der Waals surface area contributed by atoms with Gasteiger partial charge in [0.25, 0.3) is 5.91 Å². The van der Waals surface area contributed by atoms with Gasteiger partial charge in [-0.25, -0.2) is 0 Å². The number of carbonyl (C=O) groups is 1. The first-order valence-corrected chi connectivity index (χ1v) is 6.91. The molecule has 1 heterocycles. The van der Waals surface area contributed by atoms with E-state index in [9.17, 15) is 4.79 Å². The Kier molecular flexibility index (Phi) is 4.69. The lowest BCUT2D eigenvalue weighted by Gasteiger charge is -2.39. The third-order valence-electron chi connectivity index (χ3n) is 4.05. The summed E-state index contributed by atoms with van der Waals surface area (Å²) in [4.78, 5) is 12.0. The van der Waals surface area contributed by atoms with E-state index in [0.717, 1.165) is 5.56 Å². The van der Waals surface area contributed by atoms with Crippen molar-refractivity contribution in [1.82, 2.24) is 5.32 Å². The largest absolute Gasteiger partial charge is 0.493 e. The van der Waals surface area contributed by atoms with Crippen LogP contribution < -0.4 is 20.5 Å². The van der Waals surface area contributed by atoms with Crippen molar-refractivity contribution >= 4 is 5.91 Å². The molecule has 1 saturated heterocycles. The van der Waals surface area contributed by atoms with E-state index >= 15 is 0 Å². The van der Waals surface area contributed by atoms with E-state index in [1.54, 1.807) is 14.2 Å². The summed E-state index contributed by atoms with van der Waals surface area (Å²) >= 11 is 0. The average molecular weight is 294 g/mol. The number of nitrogens with one attached hydrogen (secondary N) is 1. The van der Waals surface area contributed by atoms with Crippen molar-refractivity contribution in [2.75, 3.05) is 33.9 Å². The molecule has 6 nitrogen and oxygen atoms in total. The Morgan fingerprint density at radius 2 is 2.10 bits per heavy atom. The van der Waals surface area contributed by atoms with Crippen molar-refractivity contribution in [3.05, 3.63) is 23.8 Å². The van der Waals surface area contributed by atoms with E-state index in [2.05, 4.69) is 5.32 Å². The minimum atomic E-state index is -1.04. The van der Waals surface area contributed by atoms with Gasteiger partial charge >= 0.3 is 0 Å². The molecule has 0 aromatic heterocycles. The monoisotopic (exact) mass is 294 g/mol. The van der Waals surface area contributed by atoms with Crippen LogP contribution in [0.2, 0.25) is 0 Å². The van der Waals surface area contributed by atoms with Crippen LogP contribution in [-0.4, -0.2) is 45.4 Å². The lowest BCUT2D eigenvalue weighted by atomic mass is 9.81. The van der Waals surface area contributed by atoms with Gasteiger partial charge < -0.3 is 25.3 Å². The Bertz CT molecular complexity index is 512. The Balaban J connectivity index is 2.37. The minimum Gasteiger partial charge on any atom is -0.493 e. The highest BCUT2D eigenvalue weighted by Crippen LogP contribution is 2.36. The maximum absolute atomic E-state index is 12.0. The van der Waals surface area contributed by atoms with Crippen molar-refractivity contribution in [2.24, 2.45) is 5.73 Å². The number of morpholine rings is 1. The predicted octanol–water partition coefficient (Wildman–Crippen LogP) is 0.651. The number of hydrogen-bond donors (Lipinski definition) is 2. The summed E-state index contributed by atoms with van der Waals surface area (Å²) in [6, 6.07) is 5.57. The van der Waals surface area contributed by atoms with E-state index in [4.69, 9.17) is 19.9 Å². The van der Waals surface area contributed by atoms with Crippen molar-refractivity contribution in [3.8, 4) is 11.5 Å². The van der Waals surface area contributed by atoms with Gasteiger partial charge in [-0.3, -0.25) is 4.79 Å². The molecular weight excluding hydrogens is 272 g/mol. The molecule has 21 heavy (non-hydrogen) atoms. The number of rotatable bonds is 5. The quantitative estimate of drug-likeness (QED) is 0.833. The van der Waals surface area contributed by atoms with Gasteiger partial charge in [0.1, 0.15) is 0 Å². The summed E-state index contributed by atoms with van der Waals surface area (Å²) in [5.41, 5.74) is 5.48. The van der Waals surface area contributed by atoms with Crippen molar-refractivity contribution < 1.29 is 19.0 Å². The molecule has 1 aliphatic heterocycles. The number of nitrogens with two attached hydrogens (primary N) is 1. The van der Waals surface area contributed by atoms with Crippen LogP contribution >= 0.6 is 0 Å². The van der Waals surface area contributed by atoms with Crippen LogP contribution in [0.15, 0.2) is 18.2 Å². The smallest absolute Gasteiger partial charge is 0.251 e. The molecule has 2 atom stereocenters. The van der Waals surface area contributed by atoms with Gasteiger partial charge in [0.15, 0.2) is 17.1 Å². The fourth-order valence-electron chi connectivity index (χ4n) is 2.67. The summed E-state index contributed by atoms with van der Waals surface area (Å²) in [5, 5.41) is 3.18. The third kappa shape index (κ3) is 2.82. The number of methoxy groups -OCH3 is 2. The molecule has 2 rings (SSSR count). The molecule has 3 N–H and O–H groups in total. The fourth-order valence-corrected chi connectivity index (χ4v) is 2.67. The number of primary amides is 1. The van der Waals surface area contributed by atoms with Crippen molar-refractivity contribution in [1.29, 1.82) is 0 Å². The Labute approximate surface area is 124 Å². The normalized spacial score (nSPS) is 23.4. The van der Waals surface area contributed by atoms with Crippen LogP contribution in [0, 0.1) is 0 Å². The van der Waals surface area contributed by atoms with Gasteiger partial charge in [0, 0.05) is 19.0 Å². The van der Waals surface area contributed by atoms with E-state index < -0.39 is 11.5 Å². The molecule has 0 aliphatic carbocycles. The first kappa shape index (κ1) is 15.6. The molecule has 1 amide bonds. The first-order valence-electron chi connectivity index (χ1n) is 6.91. The van der Waals surface area contributed by atoms with Crippen LogP contribution in [0.5, 0.6) is 11.5 Å². The second-order valence-electron chi connectivity index (χ2n) is 5.12. The molecule has 0 saturated carbocycles. The molecule has 1 aromatic carbocycles. The highest BCUT2D eigenvalue weighted by atomic mass is 16.5. The maximum atomic E-state index is 12.0. The summed E-state index contributed by atoms with van der Waals surface area (Å²) in [6.07, 6.45) is 0. The van der Waals surface area contributed by atoms with Gasteiger partial charge in [-0.05, 0) is 17.7 Å². The number of benzene rings is 1. The van der Waals surface area contributed by atoms with Crippen LogP contribution in [0.25, 0.3) is 0 Å². The Morgan fingerprint density at radius 1 is 1.38 bits per heavy atom. The summed E-state index contributed by atoms with van der Waals surface area (Å²) in [5.74, 6) is 0.592. The number of hydrogen-bond acceptors (Lipinski definition) is 5. The molecule has 116 valence electrons. The Morgan fingerprint density at radius 3 is 2.62 bits per heavy atom. The summed E-state index contributed by atoms with van der Waals surface area (Å²) in [6.45, 7) is 3.51. The first-order chi connectivity index (χ1) is 10.0. The molecule has 0 radical (unpaired) electrons. The van der Waals surface area contributed by atoms with Gasteiger partial charge in [0.05, 0.1) is 20.8 Å². The molecule has 1 fully saturated rings. The van der Waals surface area contributed by atoms with Crippen LogP contribution in [0.4, 0.5) is 0 Å². The van der Waals surface area contributed by atoms with Gasteiger partial charge in [-0.2, -0.15) is 0 Å². The highest BCUT2D eigenvalue weighted by molar-refractivity contribution is 5.85. The van der Waals surface area contributed by atoms with Crippen molar-refractivity contribution in [3.63, 3.8) is 0 Å². The Hall–Kier alpha value is -1.79. The molecule has 0 bridgehead atoms. The van der Waals surface area contributed by atoms with Gasteiger partial charge in [0.2, 0.25) is 0 Å². The molecular formula is C15H22N2O4. The number of amides is 1. The number of ether oxygens (including phenoxy) is 3. The minimum absolute atomic E-state index is 0.206. The SMILES string of the molecule is COc1ccc(C(C)C2(C(N)=O)CNCCO2)cc1OC. The predicted molar refractivity (Wildman–Crippen MR) is 78.7 cm³/mol. The zero-order valence-electron chi connectivity index (χ0n) is 12.6. The number of carbonyl (C=O) groups excluding carboxylic acids is 1. The van der Waals surface area contributed by atoms with Crippen LogP contribution in [0.1, 0.15) is 18.4 Å². The van der Waals surface area contributed by atoms with Crippen LogP contribution in [-0.2, 0) is 9.53 Å². The fraction of sp³-hybridized carbons (Fsp3) is 0.533. The van der Waals surface area contributed by atoms with E-state index in [1.807, 2.05) is 25.1 Å².